The second-order valence-electron chi connectivity index (χ2n) is 6.07. The number of nitrogens with two attached hydrogens (primary N) is 1. The van der Waals surface area contributed by atoms with Crippen LogP contribution >= 0.6 is 0 Å². The van der Waals surface area contributed by atoms with Crippen molar-refractivity contribution in [3.8, 4) is 0 Å². The number of hydrogen-bond donors (Lipinski definition) is 2. The molecule has 104 valence electrons. The molecule has 19 heavy (non-hydrogen) atoms. The second kappa shape index (κ2) is 6.04. The molecule has 2 aliphatic rings. The normalized spacial score (nSPS) is 25.6. The highest BCUT2D eigenvalue weighted by Gasteiger charge is 2.34. The van der Waals surface area contributed by atoms with Crippen LogP contribution in [0.25, 0.3) is 0 Å². The highest BCUT2D eigenvalue weighted by atomic mass is 15.2. The van der Waals surface area contributed by atoms with Gasteiger partial charge in [0, 0.05) is 37.8 Å². The molecule has 0 amide bonds. The monoisotopic (exact) mass is 259 g/mol. The Morgan fingerprint density at radius 2 is 2.00 bits per heavy atom. The van der Waals surface area contributed by atoms with Gasteiger partial charge in [-0.25, -0.2) is 0 Å². The summed E-state index contributed by atoms with van der Waals surface area (Å²) in [6.45, 7) is 3.43. The van der Waals surface area contributed by atoms with Gasteiger partial charge in [0.05, 0.1) is 0 Å². The zero-order valence-electron chi connectivity index (χ0n) is 11.6. The van der Waals surface area contributed by atoms with Crippen molar-refractivity contribution < 1.29 is 0 Å². The first-order valence-electron chi connectivity index (χ1n) is 7.58. The van der Waals surface area contributed by atoms with Crippen LogP contribution < -0.4 is 11.1 Å². The molecule has 3 nitrogen and oxygen atoms in total. The summed E-state index contributed by atoms with van der Waals surface area (Å²) in [5.41, 5.74) is 7.55. The minimum Gasteiger partial charge on any atom is -0.326 e. The molecule has 2 fully saturated rings. The number of nitrogens with zero attached hydrogens (tertiary/aromatic N) is 1. The molecule has 1 saturated heterocycles. The summed E-state index contributed by atoms with van der Waals surface area (Å²) in [7, 11) is 0. The van der Waals surface area contributed by atoms with E-state index in [9.17, 15) is 0 Å². The van der Waals surface area contributed by atoms with Gasteiger partial charge in [0.2, 0.25) is 0 Å². The molecule has 0 bridgehead atoms. The Kier molecular flexibility index (Phi) is 4.16. The van der Waals surface area contributed by atoms with Gasteiger partial charge in [-0.1, -0.05) is 30.3 Å². The molecule has 0 radical (unpaired) electrons. The van der Waals surface area contributed by atoms with Crippen molar-refractivity contribution in [3.05, 3.63) is 35.9 Å². The first kappa shape index (κ1) is 13.1. The Bertz CT molecular complexity index is 388. The number of hydrogen-bond acceptors (Lipinski definition) is 3. The van der Waals surface area contributed by atoms with Crippen LogP contribution in [-0.4, -0.2) is 42.7 Å². The van der Waals surface area contributed by atoms with Crippen LogP contribution in [0.4, 0.5) is 0 Å². The Balaban J connectivity index is 1.37. The quantitative estimate of drug-likeness (QED) is 0.811. The molecule has 3 heteroatoms. The fourth-order valence-electron chi connectivity index (χ4n) is 3.03. The van der Waals surface area contributed by atoms with Crippen molar-refractivity contribution in [1.29, 1.82) is 0 Å². The highest BCUT2D eigenvalue weighted by molar-refractivity contribution is 5.15. The van der Waals surface area contributed by atoms with Crippen molar-refractivity contribution >= 4 is 0 Å². The molecule has 1 aromatic rings. The molecular weight excluding hydrogens is 234 g/mol. The van der Waals surface area contributed by atoms with Crippen LogP contribution in [0.3, 0.4) is 0 Å². The summed E-state index contributed by atoms with van der Waals surface area (Å²) in [5, 5.41) is 3.65. The maximum Gasteiger partial charge on any atom is 0.0207 e. The summed E-state index contributed by atoms with van der Waals surface area (Å²) < 4.78 is 0. The van der Waals surface area contributed by atoms with E-state index in [1.807, 2.05) is 0 Å². The van der Waals surface area contributed by atoms with Gasteiger partial charge in [-0.05, 0) is 31.2 Å². The van der Waals surface area contributed by atoms with Crippen molar-refractivity contribution in [3.63, 3.8) is 0 Å². The van der Waals surface area contributed by atoms with E-state index in [2.05, 4.69) is 40.5 Å². The minimum absolute atomic E-state index is 0.220. The van der Waals surface area contributed by atoms with Crippen LogP contribution in [0.5, 0.6) is 0 Å². The van der Waals surface area contributed by atoms with Gasteiger partial charge in [0.25, 0.3) is 0 Å². The van der Waals surface area contributed by atoms with Crippen molar-refractivity contribution in [2.75, 3.05) is 19.6 Å². The first-order valence-corrected chi connectivity index (χ1v) is 7.58. The number of rotatable bonds is 6. The van der Waals surface area contributed by atoms with Crippen molar-refractivity contribution in [1.82, 2.24) is 10.2 Å². The Hall–Kier alpha value is -0.900. The standard InChI is InChI=1S/C16H25N3/c17-14(10-13-4-2-1-3-5-13)11-18-15-8-9-19(12-15)16-6-7-16/h1-5,14-16,18H,6-12,17H2. The van der Waals surface area contributed by atoms with Crippen molar-refractivity contribution in [2.24, 2.45) is 5.73 Å². The summed E-state index contributed by atoms with van der Waals surface area (Å²) in [6.07, 6.45) is 5.09. The predicted molar refractivity (Wildman–Crippen MR) is 79.1 cm³/mol. The third kappa shape index (κ3) is 3.78. The van der Waals surface area contributed by atoms with E-state index in [0.29, 0.717) is 6.04 Å². The van der Waals surface area contributed by atoms with Crippen molar-refractivity contribution in [2.45, 2.75) is 43.8 Å². The molecule has 1 heterocycles. The molecule has 1 aliphatic carbocycles. The molecule has 3 rings (SSSR count). The van der Waals surface area contributed by atoms with Gasteiger partial charge < -0.3 is 11.1 Å². The van der Waals surface area contributed by atoms with E-state index < -0.39 is 0 Å². The molecule has 2 unspecified atom stereocenters. The van der Waals surface area contributed by atoms with Crippen LogP contribution in [0.15, 0.2) is 30.3 Å². The second-order valence-corrected chi connectivity index (χ2v) is 6.07. The lowest BCUT2D eigenvalue weighted by molar-refractivity contribution is 0.316. The number of benzene rings is 1. The van der Waals surface area contributed by atoms with Crippen LogP contribution in [0, 0.1) is 0 Å². The van der Waals surface area contributed by atoms with E-state index >= 15 is 0 Å². The third-order valence-electron chi connectivity index (χ3n) is 4.29. The van der Waals surface area contributed by atoms with Gasteiger partial charge >= 0.3 is 0 Å². The fourth-order valence-corrected chi connectivity index (χ4v) is 3.03. The molecule has 0 aromatic heterocycles. The van der Waals surface area contributed by atoms with Gasteiger partial charge in [0.15, 0.2) is 0 Å². The smallest absolute Gasteiger partial charge is 0.0207 e. The van der Waals surface area contributed by atoms with Crippen LogP contribution in [-0.2, 0) is 6.42 Å². The Labute approximate surface area is 116 Å². The van der Waals surface area contributed by atoms with E-state index in [1.165, 1.54) is 37.9 Å². The summed E-state index contributed by atoms with van der Waals surface area (Å²) >= 11 is 0. The molecule has 1 aliphatic heterocycles. The minimum atomic E-state index is 0.220. The maximum absolute atomic E-state index is 6.21. The summed E-state index contributed by atoms with van der Waals surface area (Å²) in [6, 6.07) is 12.3. The van der Waals surface area contributed by atoms with Crippen LogP contribution in [0.2, 0.25) is 0 Å². The van der Waals surface area contributed by atoms with Gasteiger partial charge in [-0.3, -0.25) is 4.90 Å². The van der Waals surface area contributed by atoms with Gasteiger partial charge in [-0.2, -0.15) is 0 Å². The topological polar surface area (TPSA) is 41.3 Å². The highest BCUT2D eigenvalue weighted by Crippen LogP contribution is 2.29. The molecule has 3 N–H and O–H groups in total. The zero-order valence-corrected chi connectivity index (χ0v) is 11.6. The molecule has 2 atom stereocenters. The lowest BCUT2D eigenvalue weighted by Crippen LogP contribution is -2.42. The number of nitrogens with one attached hydrogen (secondary N) is 1. The fraction of sp³-hybridized carbons (Fsp3) is 0.625. The lowest BCUT2D eigenvalue weighted by atomic mass is 10.1. The maximum atomic E-state index is 6.21. The average molecular weight is 259 g/mol. The molecule has 1 saturated carbocycles. The molecular formula is C16H25N3. The molecule has 0 spiro atoms. The summed E-state index contributed by atoms with van der Waals surface area (Å²) in [4.78, 5) is 2.64. The lowest BCUT2D eigenvalue weighted by Gasteiger charge is -2.18. The van der Waals surface area contributed by atoms with E-state index in [-0.39, 0.29) is 6.04 Å². The van der Waals surface area contributed by atoms with E-state index in [1.54, 1.807) is 0 Å². The van der Waals surface area contributed by atoms with Gasteiger partial charge in [-0.15, -0.1) is 0 Å². The largest absolute Gasteiger partial charge is 0.326 e. The third-order valence-corrected chi connectivity index (χ3v) is 4.29. The Morgan fingerprint density at radius 3 is 2.74 bits per heavy atom. The zero-order chi connectivity index (χ0) is 13.1. The average Bonchev–Trinajstić information content (AvgIpc) is 3.17. The van der Waals surface area contributed by atoms with E-state index in [0.717, 1.165) is 19.0 Å². The number of likely N-dealkylation sites (tertiary alicyclic amines) is 1. The van der Waals surface area contributed by atoms with Crippen LogP contribution in [0.1, 0.15) is 24.8 Å². The first-order chi connectivity index (χ1) is 9.31. The van der Waals surface area contributed by atoms with Gasteiger partial charge in [0.1, 0.15) is 0 Å². The summed E-state index contributed by atoms with van der Waals surface area (Å²) in [5.74, 6) is 0. The predicted octanol–water partition coefficient (Wildman–Crippen LogP) is 1.38. The Morgan fingerprint density at radius 1 is 1.21 bits per heavy atom. The SMILES string of the molecule is NC(CNC1CCN(C2CC2)C1)Cc1ccccc1. The van der Waals surface area contributed by atoms with E-state index in [4.69, 9.17) is 5.73 Å². The molecule has 1 aromatic carbocycles.